The molecule has 0 spiro atoms. The maximum absolute atomic E-state index is 6.21. The van der Waals surface area contributed by atoms with Crippen molar-refractivity contribution in [1.29, 1.82) is 0 Å². The van der Waals surface area contributed by atoms with Crippen LogP contribution in [0.3, 0.4) is 0 Å². The summed E-state index contributed by atoms with van der Waals surface area (Å²) in [6, 6.07) is 6.00. The van der Waals surface area contributed by atoms with Crippen molar-refractivity contribution in [3.8, 4) is 5.75 Å². The van der Waals surface area contributed by atoms with Gasteiger partial charge in [-0.1, -0.05) is 22.0 Å². The molecule has 1 aliphatic rings. The first-order valence-corrected chi connectivity index (χ1v) is 7.44. The van der Waals surface area contributed by atoms with Gasteiger partial charge in [-0.15, -0.1) is 11.3 Å². The lowest BCUT2D eigenvalue weighted by atomic mass is 9.97. The van der Waals surface area contributed by atoms with Crippen molar-refractivity contribution >= 4 is 27.3 Å². The second-order valence-corrected chi connectivity index (χ2v) is 6.26. The first kappa shape index (κ1) is 12.1. The van der Waals surface area contributed by atoms with Crippen molar-refractivity contribution in [2.45, 2.75) is 25.5 Å². The summed E-state index contributed by atoms with van der Waals surface area (Å²) in [5, 5.41) is 3.05. The number of thiazole rings is 1. The molecule has 2 heterocycles. The fourth-order valence-corrected chi connectivity index (χ4v) is 3.32. The predicted octanol–water partition coefficient (Wildman–Crippen LogP) is 3.74. The van der Waals surface area contributed by atoms with E-state index in [1.54, 1.807) is 11.3 Å². The first-order chi connectivity index (χ1) is 8.63. The highest BCUT2D eigenvalue weighted by molar-refractivity contribution is 9.10. The van der Waals surface area contributed by atoms with Crippen LogP contribution < -0.4 is 10.5 Å². The Morgan fingerprint density at radius 2 is 2.33 bits per heavy atom. The average Bonchev–Trinajstić information content (AvgIpc) is 2.75. The number of benzene rings is 1. The van der Waals surface area contributed by atoms with E-state index in [1.165, 1.54) is 0 Å². The molecule has 18 heavy (non-hydrogen) atoms. The van der Waals surface area contributed by atoms with Gasteiger partial charge in [-0.2, -0.15) is 0 Å². The fraction of sp³-hybridized carbons (Fsp3) is 0.308. The van der Waals surface area contributed by atoms with Crippen molar-refractivity contribution in [1.82, 2.24) is 4.98 Å². The number of nitrogens with two attached hydrogens (primary N) is 1. The summed E-state index contributed by atoms with van der Waals surface area (Å²) >= 11 is 5.09. The molecule has 3 rings (SSSR count). The molecule has 0 bridgehead atoms. The van der Waals surface area contributed by atoms with E-state index in [0.717, 1.165) is 32.9 Å². The first-order valence-electron chi connectivity index (χ1n) is 5.77. The van der Waals surface area contributed by atoms with Crippen molar-refractivity contribution in [3.63, 3.8) is 0 Å². The predicted molar refractivity (Wildman–Crippen MR) is 75.9 cm³/mol. The summed E-state index contributed by atoms with van der Waals surface area (Å²) in [7, 11) is 0. The zero-order chi connectivity index (χ0) is 12.7. The largest absolute Gasteiger partial charge is 0.483 e. The lowest BCUT2D eigenvalue weighted by molar-refractivity contribution is 0.161. The Labute approximate surface area is 118 Å². The summed E-state index contributed by atoms with van der Waals surface area (Å²) in [5.41, 5.74) is 8.32. The molecule has 1 unspecified atom stereocenters. The summed E-state index contributed by atoms with van der Waals surface area (Å²) < 4.78 is 7.02. The highest BCUT2D eigenvalue weighted by atomic mass is 79.9. The lowest BCUT2D eigenvalue weighted by Crippen LogP contribution is -2.24. The molecule has 94 valence electrons. The van der Waals surface area contributed by atoms with Gasteiger partial charge < -0.3 is 10.5 Å². The highest BCUT2D eigenvalue weighted by Crippen LogP contribution is 2.41. The molecule has 0 saturated heterocycles. The van der Waals surface area contributed by atoms with Crippen LogP contribution in [0.1, 0.15) is 34.8 Å². The van der Waals surface area contributed by atoms with Gasteiger partial charge in [-0.25, -0.2) is 4.98 Å². The van der Waals surface area contributed by atoms with E-state index in [1.807, 2.05) is 30.5 Å². The Bertz CT molecular complexity index is 584. The van der Waals surface area contributed by atoms with Crippen LogP contribution in [0.5, 0.6) is 5.75 Å². The van der Waals surface area contributed by atoms with Crippen LogP contribution in [0.15, 0.2) is 28.1 Å². The van der Waals surface area contributed by atoms with Crippen molar-refractivity contribution in [2.24, 2.45) is 5.73 Å². The standard InChI is InChI=1S/C13H13BrN2OS/c1-7-6-18-13(16-7)12-5-10(15)9-3-2-8(14)4-11(9)17-12/h2-4,6,10,12H,5,15H2,1H3/t10-,12?/m1/s1. The molecule has 1 aromatic heterocycles. The molecular weight excluding hydrogens is 312 g/mol. The molecule has 1 aromatic carbocycles. The molecule has 0 fully saturated rings. The van der Waals surface area contributed by atoms with Crippen LogP contribution in [0, 0.1) is 6.92 Å². The Morgan fingerprint density at radius 1 is 1.50 bits per heavy atom. The molecule has 0 amide bonds. The molecule has 2 N–H and O–H groups in total. The minimum Gasteiger partial charge on any atom is -0.483 e. The van der Waals surface area contributed by atoms with E-state index in [2.05, 4.69) is 20.9 Å². The summed E-state index contributed by atoms with van der Waals surface area (Å²) in [6.07, 6.45) is 0.752. The van der Waals surface area contributed by atoms with Crippen LogP contribution in [0.2, 0.25) is 0 Å². The van der Waals surface area contributed by atoms with Crippen molar-refractivity contribution in [3.05, 3.63) is 44.3 Å². The number of ether oxygens (including phenoxy) is 1. The third-order valence-electron chi connectivity index (χ3n) is 3.02. The fourth-order valence-electron chi connectivity index (χ4n) is 2.15. The van der Waals surface area contributed by atoms with Gasteiger partial charge in [0, 0.05) is 33.6 Å². The zero-order valence-corrected chi connectivity index (χ0v) is 12.3. The van der Waals surface area contributed by atoms with E-state index >= 15 is 0 Å². The van der Waals surface area contributed by atoms with Crippen molar-refractivity contribution < 1.29 is 4.74 Å². The second kappa shape index (κ2) is 4.64. The van der Waals surface area contributed by atoms with Gasteiger partial charge in [0.2, 0.25) is 0 Å². The Kier molecular flexibility index (Phi) is 3.13. The minimum atomic E-state index is -0.0273. The van der Waals surface area contributed by atoms with Gasteiger partial charge in [-0.3, -0.25) is 0 Å². The number of fused-ring (bicyclic) bond motifs is 1. The number of halogens is 1. The van der Waals surface area contributed by atoms with E-state index in [-0.39, 0.29) is 12.1 Å². The Hall–Kier alpha value is -0.910. The summed E-state index contributed by atoms with van der Waals surface area (Å²) in [6.45, 7) is 1.99. The third-order valence-corrected chi connectivity index (χ3v) is 4.57. The van der Waals surface area contributed by atoms with Gasteiger partial charge in [0.15, 0.2) is 6.10 Å². The molecule has 0 aliphatic carbocycles. The van der Waals surface area contributed by atoms with Gasteiger partial charge in [0.05, 0.1) is 0 Å². The minimum absolute atomic E-state index is 0.0102. The number of rotatable bonds is 1. The molecule has 0 radical (unpaired) electrons. The highest BCUT2D eigenvalue weighted by Gasteiger charge is 2.28. The van der Waals surface area contributed by atoms with Gasteiger partial charge >= 0.3 is 0 Å². The monoisotopic (exact) mass is 324 g/mol. The smallest absolute Gasteiger partial charge is 0.152 e. The number of hydrogen-bond acceptors (Lipinski definition) is 4. The number of aryl methyl sites for hydroxylation is 1. The molecule has 1 aliphatic heterocycles. The van der Waals surface area contributed by atoms with Crippen LogP contribution in [0.25, 0.3) is 0 Å². The second-order valence-electron chi connectivity index (χ2n) is 4.46. The third kappa shape index (κ3) is 2.18. The van der Waals surface area contributed by atoms with Gasteiger partial charge in [0.1, 0.15) is 10.8 Å². The maximum atomic E-state index is 6.21. The van der Waals surface area contributed by atoms with E-state index < -0.39 is 0 Å². The molecule has 0 saturated carbocycles. The summed E-state index contributed by atoms with van der Waals surface area (Å²) in [5.74, 6) is 0.862. The number of hydrogen-bond donors (Lipinski definition) is 1. The average molecular weight is 325 g/mol. The van der Waals surface area contributed by atoms with Crippen LogP contribution >= 0.6 is 27.3 Å². The SMILES string of the molecule is Cc1csc(C2C[C@@H](N)c3ccc(Br)cc3O2)n1. The van der Waals surface area contributed by atoms with Crippen LogP contribution in [0.4, 0.5) is 0 Å². The Morgan fingerprint density at radius 3 is 3.06 bits per heavy atom. The Balaban J connectivity index is 1.95. The van der Waals surface area contributed by atoms with Gasteiger partial charge in [0.25, 0.3) is 0 Å². The molecular formula is C13H13BrN2OS. The molecule has 2 aromatic rings. The molecule has 2 atom stereocenters. The van der Waals surface area contributed by atoms with E-state index in [9.17, 15) is 0 Å². The number of nitrogens with zero attached hydrogens (tertiary/aromatic N) is 1. The van der Waals surface area contributed by atoms with E-state index in [0.29, 0.717) is 0 Å². The topological polar surface area (TPSA) is 48.1 Å². The molecule has 5 heteroatoms. The lowest BCUT2D eigenvalue weighted by Gasteiger charge is -2.29. The molecule has 3 nitrogen and oxygen atoms in total. The number of aromatic nitrogens is 1. The van der Waals surface area contributed by atoms with Crippen LogP contribution in [-0.2, 0) is 0 Å². The van der Waals surface area contributed by atoms with Crippen molar-refractivity contribution in [2.75, 3.05) is 0 Å². The zero-order valence-electron chi connectivity index (χ0n) is 9.89. The van der Waals surface area contributed by atoms with Crippen LogP contribution in [-0.4, -0.2) is 4.98 Å². The quantitative estimate of drug-likeness (QED) is 0.869. The maximum Gasteiger partial charge on any atom is 0.152 e. The summed E-state index contributed by atoms with van der Waals surface area (Å²) in [4.78, 5) is 4.49. The van der Waals surface area contributed by atoms with E-state index in [4.69, 9.17) is 10.5 Å². The normalized spacial score (nSPS) is 22.4. The van der Waals surface area contributed by atoms with Gasteiger partial charge in [-0.05, 0) is 19.1 Å².